The number of non-ortho nitro benzene ring substituents is 1. The van der Waals surface area contributed by atoms with Crippen molar-refractivity contribution in [1.29, 1.82) is 0 Å². The molecule has 0 fully saturated rings. The fourth-order valence-electron chi connectivity index (χ4n) is 15.7. The number of halogens is 1. The van der Waals surface area contributed by atoms with Gasteiger partial charge in [-0.3, -0.25) is 19.6 Å². The van der Waals surface area contributed by atoms with Gasteiger partial charge in [0, 0.05) is 55.4 Å². The molecule has 9 nitrogen and oxygen atoms in total. The molecule has 12 aromatic carbocycles. The quantitative estimate of drug-likeness (QED) is 0.0752. The van der Waals surface area contributed by atoms with Crippen LogP contribution in [0.5, 0.6) is 5.75 Å². The number of para-hydroxylation sites is 1. The standard InChI is InChI=1S/C66H37ClN6O3/c1-29-23-34-27-35-24-30(2)39-18-19-44-42-12-8-10-33-26-36-25-32-9-7-11-40-41-17-16-38(29)52-49(34)57-50(35)54(39)61(60-56(48(33)42)51(36)55(47(32)40)58(53(41)52)59(57)60)71(44)63-68-62(67)69-64(70-63)72-45-14-6-5-13-43(45)65(3,4)66(72)22-21-31-28-37(73(74)75)15-20-46(31)76-66/h5-10,12-16,18-28H,1,11,17H2,2-4H3/t66-/m1/s1. The lowest BCUT2D eigenvalue weighted by molar-refractivity contribution is -0.384. The Morgan fingerprint density at radius 3 is 2.30 bits per heavy atom. The summed E-state index contributed by atoms with van der Waals surface area (Å²) in [6.07, 6.45) is 12.8. The number of anilines is 2. The number of fused-ring (bicyclic) bond motifs is 5. The van der Waals surface area contributed by atoms with Gasteiger partial charge >= 0.3 is 0 Å². The first-order valence-electron chi connectivity index (χ1n) is 25.9. The van der Waals surface area contributed by atoms with Crippen LogP contribution in [0.3, 0.4) is 0 Å². The summed E-state index contributed by atoms with van der Waals surface area (Å²) < 4.78 is 9.54. The highest BCUT2D eigenvalue weighted by atomic mass is 35.5. The molecule has 76 heavy (non-hydrogen) atoms. The molecule has 0 saturated carbocycles. The zero-order valence-electron chi connectivity index (χ0n) is 41.1. The van der Waals surface area contributed by atoms with Crippen molar-refractivity contribution >= 4 is 172 Å². The van der Waals surface area contributed by atoms with Gasteiger partial charge in [-0.05, 0) is 208 Å². The molecular formula is C66H37ClN6O3. The summed E-state index contributed by atoms with van der Waals surface area (Å²) >= 11 is 7.42. The minimum atomic E-state index is -1.24. The molecule has 10 heteroatoms. The molecule has 1 spiro atoms. The van der Waals surface area contributed by atoms with E-state index >= 15 is 0 Å². The van der Waals surface area contributed by atoms with Crippen LogP contribution in [0.4, 0.5) is 17.3 Å². The van der Waals surface area contributed by atoms with E-state index in [2.05, 4.69) is 116 Å². The van der Waals surface area contributed by atoms with Gasteiger partial charge in [0.15, 0.2) is 0 Å². The highest BCUT2D eigenvalue weighted by Crippen LogP contribution is 2.61. The summed E-state index contributed by atoms with van der Waals surface area (Å²) in [5, 5.41) is 39.2. The normalized spacial score (nSPS) is 17.5. The number of hydrogen-bond acceptors (Lipinski definition) is 7. The van der Waals surface area contributed by atoms with Crippen LogP contribution in [-0.4, -0.2) is 30.2 Å². The Morgan fingerprint density at radius 1 is 0.658 bits per heavy atom. The first kappa shape index (κ1) is 40.2. The fraction of sp³-hybridized carbons (Fsp3) is 0.106. The predicted octanol–water partition coefficient (Wildman–Crippen LogP) is 15.0. The topological polar surface area (TPSA) is 99.2 Å². The van der Waals surface area contributed by atoms with Crippen molar-refractivity contribution in [3.8, 4) is 11.7 Å². The first-order chi connectivity index (χ1) is 37.0. The molecule has 0 saturated heterocycles. The summed E-state index contributed by atoms with van der Waals surface area (Å²) in [5.41, 5.74) is 7.79. The van der Waals surface area contributed by atoms with Crippen molar-refractivity contribution in [3.05, 3.63) is 174 Å². The molecule has 2 bridgehead atoms. The van der Waals surface area contributed by atoms with Crippen LogP contribution >= 0.6 is 11.6 Å². The summed E-state index contributed by atoms with van der Waals surface area (Å²) in [7, 11) is 0. The Balaban J connectivity index is 1.04. The average Bonchev–Trinajstić information content (AvgIpc) is 2.71. The molecule has 3 aromatic heterocycles. The second kappa shape index (κ2) is 12.7. The summed E-state index contributed by atoms with van der Waals surface area (Å²) in [6, 6.07) is 36.3. The Bertz CT molecular complexity index is 5520. The maximum atomic E-state index is 12.0. The van der Waals surface area contributed by atoms with E-state index in [1.807, 2.05) is 29.2 Å². The lowest BCUT2D eigenvalue weighted by atomic mass is 9.72. The zero-order chi connectivity index (χ0) is 50.3. The van der Waals surface area contributed by atoms with Crippen LogP contribution in [0.1, 0.15) is 47.2 Å². The van der Waals surface area contributed by atoms with E-state index in [0.29, 0.717) is 23.2 Å². The number of rotatable bonds is 3. The molecule has 356 valence electrons. The van der Waals surface area contributed by atoms with Gasteiger partial charge < -0.3 is 4.74 Å². The van der Waals surface area contributed by atoms with Gasteiger partial charge in [0.25, 0.3) is 5.69 Å². The van der Waals surface area contributed by atoms with Crippen molar-refractivity contribution in [3.63, 3.8) is 0 Å². The van der Waals surface area contributed by atoms with Gasteiger partial charge in [0.2, 0.25) is 22.9 Å². The van der Waals surface area contributed by atoms with Crippen molar-refractivity contribution in [1.82, 2.24) is 19.5 Å². The number of ether oxygens (including phenoxy) is 1. The Kier molecular flexibility index (Phi) is 6.70. The third kappa shape index (κ3) is 4.26. The zero-order valence-corrected chi connectivity index (χ0v) is 41.9. The van der Waals surface area contributed by atoms with E-state index in [1.165, 1.54) is 125 Å². The van der Waals surface area contributed by atoms with Gasteiger partial charge in [0.1, 0.15) is 5.75 Å². The molecule has 2 aliphatic heterocycles. The second-order valence-electron chi connectivity index (χ2n) is 22.4. The maximum Gasteiger partial charge on any atom is 0.270 e. The number of benzene rings is 12. The molecule has 2 aliphatic carbocycles. The molecular weight excluding hydrogens is 960 g/mol. The third-order valence-electron chi connectivity index (χ3n) is 18.7. The number of nitrogens with zero attached hydrogens (tertiary/aromatic N) is 6. The third-order valence-corrected chi connectivity index (χ3v) is 18.8. The lowest BCUT2D eigenvalue weighted by Gasteiger charge is -2.46. The molecule has 4 aliphatic rings. The largest absolute Gasteiger partial charge is 0.462 e. The smallest absolute Gasteiger partial charge is 0.270 e. The van der Waals surface area contributed by atoms with Gasteiger partial charge in [-0.15, -0.1) is 0 Å². The Morgan fingerprint density at radius 2 is 1.41 bits per heavy atom. The first-order valence-corrected chi connectivity index (χ1v) is 26.3. The molecule has 0 unspecified atom stereocenters. The van der Waals surface area contributed by atoms with Crippen LogP contribution < -0.4 is 20.1 Å². The van der Waals surface area contributed by atoms with Gasteiger partial charge in [-0.25, -0.2) is 0 Å². The van der Waals surface area contributed by atoms with Crippen molar-refractivity contribution in [2.24, 2.45) is 0 Å². The lowest BCUT2D eigenvalue weighted by Crippen LogP contribution is -2.58. The average molecular weight is 998 g/mol. The van der Waals surface area contributed by atoms with E-state index in [9.17, 15) is 10.1 Å². The molecule has 0 N–H and O–H groups in total. The summed E-state index contributed by atoms with van der Waals surface area (Å²) in [5.74, 6) is 1.18. The van der Waals surface area contributed by atoms with Crippen LogP contribution in [-0.2, 0) is 18.3 Å². The van der Waals surface area contributed by atoms with Crippen LogP contribution in [0.25, 0.3) is 150 Å². The Hall–Kier alpha value is -9.18. The molecule has 15 aromatic rings. The van der Waals surface area contributed by atoms with E-state index in [4.69, 9.17) is 37.9 Å². The number of nitro groups is 1. The number of aryl methyl sites for hydroxylation is 1. The molecule has 0 amide bonds. The molecule has 0 radical (unpaired) electrons. The van der Waals surface area contributed by atoms with E-state index < -0.39 is 11.1 Å². The molecule has 19 rings (SSSR count). The van der Waals surface area contributed by atoms with Crippen LogP contribution in [0.15, 0.2) is 115 Å². The highest BCUT2D eigenvalue weighted by molar-refractivity contribution is 6.56. The minimum absolute atomic E-state index is 0.0126. The number of nitro benzene ring substituents is 1. The maximum absolute atomic E-state index is 12.0. The highest BCUT2D eigenvalue weighted by Gasteiger charge is 2.60. The number of hydrogen-bond donors (Lipinski definition) is 0. The number of allylic oxidation sites excluding steroid dienone is 1. The van der Waals surface area contributed by atoms with Gasteiger partial charge in [0.05, 0.1) is 27.1 Å². The summed E-state index contributed by atoms with van der Waals surface area (Å²) in [4.78, 5) is 29.6. The number of aromatic nitrogens is 4. The molecule has 5 heterocycles. The van der Waals surface area contributed by atoms with Crippen molar-refractivity contribution in [2.45, 2.75) is 44.8 Å². The van der Waals surface area contributed by atoms with Crippen LogP contribution in [0.2, 0.25) is 5.28 Å². The Labute approximate surface area is 435 Å². The van der Waals surface area contributed by atoms with Crippen molar-refractivity contribution < 1.29 is 9.66 Å². The summed E-state index contributed by atoms with van der Waals surface area (Å²) in [6.45, 7) is 11.3. The molecule has 1 atom stereocenters. The van der Waals surface area contributed by atoms with Gasteiger partial charge in [-0.2, -0.15) is 15.0 Å². The van der Waals surface area contributed by atoms with E-state index in [-0.39, 0.29) is 15.9 Å². The minimum Gasteiger partial charge on any atom is -0.462 e. The SMILES string of the molecule is C=c1cc2cc3cc(C)c4ccc5c6cccc7cc8cc9c%10c(c%11c%12c(c1=CC%11)c2c1c3c4c(c2c(c76)c8c%10c%12c12)n5-c1nc(Cl)nc(N2c3ccccc3C(C)(C)[C@]23C=Cc2cc([N+](=O)[O-])ccc2O3)n1)CC=C9. The van der Waals surface area contributed by atoms with Crippen LogP contribution in [0, 0.1) is 17.0 Å². The van der Waals surface area contributed by atoms with Gasteiger partial charge in [-0.1, -0.05) is 73.3 Å². The van der Waals surface area contributed by atoms with E-state index in [0.717, 1.165) is 56.5 Å². The predicted molar refractivity (Wildman–Crippen MR) is 310 cm³/mol. The fourth-order valence-corrected chi connectivity index (χ4v) is 15.9. The van der Waals surface area contributed by atoms with Crippen molar-refractivity contribution in [2.75, 3.05) is 4.90 Å². The van der Waals surface area contributed by atoms with E-state index in [1.54, 1.807) is 12.1 Å². The second-order valence-corrected chi connectivity index (χ2v) is 22.7. The monoisotopic (exact) mass is 996 g/mol.